The molecule has 2 nitrogen and oxygen atoms in total. The average molecular weight is 182 g/mol. The summed E-state index contributed by atoms with van der Waals surface area (Å²) in [6.07, 6.45) is 3.43. The molecule has 1 heterocycles. The summed E-state index contributed by atoms with van der Waals surface area (Å²) in [5, 5.41) is 9.67. The zero-order valence-corrected chi connectivity index (χ0v) is 8.42. The van der Waals surface area contributed by atoms with Gasteiger partial charge in [-0.05, 0) is 18.6 Å². The lowest BCUT2D eigenvalue weighted by Crippen LogP contribution is -1.94. The number of aliphatic hydroxyl groups is 1. The number of aryl methyl sites for hydroxylation is 1. The first-order chi connectivity index (χ1) is 6.27. The summed E-state index contributed by atoms with van der Waals surface area (Å²) < 4.78 is 5.44. The molecule has 0 radical (unpaired) electrons. The molecule has 1 atom stereocenters. The quantitative estimate of drug-likeness (QED) is 0.759. The molecule has 0 amide bonds. The highest BCUT2D eigenvalue weighted by molar-refractivity contribution is 5.09. The summed E-state index contributed by atoms with van der Waals surface area (Å²) in [7, 11) is 0. The van der Waals surface area contributed by atoms with Crippen LogP contribution in [-0.2, 0) is 6.42 Å². The van der Waals surface area contributed by atoms with E-state index in [4.69, 9.17) is 4.42 Å². The van der Waals surface area contributed by atoms with Gasteiger partial charge in [-0.15, -0.1) is 0 Å². The Bertz CT molecular complexity index is 240. The standard InChI is InChI=1S/C11H18O2/c1-3-5-6-10(12)11-8-7-9(4-2)13-11/h7-8,10,12H,3-6H2,1-2H3. The van der Waals surface area contributed by atoms with E-state index >= 15 is 0 Å². The highest BCUT2D eigenvalue weighted by Gasteiger charge is 2.10. The van der Waals surface area contributed by atoms with Gasteiger partial charge in [0, 0.05) is 6.42 Å². The molecule has 2 heteroatoms. The third-order valence-electron chi connectivity index (χ3n) is 2.19. The van der Waals surface area contributed by atoms with E-state index in [-0.39, 0.29) is 0 Å². The molecule has 0 saturated carbocycles. The van der Waals surface area contributed by atoms with Crippen molar-refractivity contribution in [3.05, 3.63) is 23.7 Å². The van der Waals surface area contributed by atoms with Gasteiger partial charge in [-0.3, -0.25) is 0 Å². The van der Waals surface area contributed by atoms with Crippen LogP contribution in [-0.4, -0.2) is 5.11 Å². The van der Waals surface area contributed by atoms with Crippen LogP contribution in [0.4, 0.5) is 0 Å². The highest BCUT2D eigenvalue weighted by atomic mass is 16.4. The molecule has 1 unspecified atom stereocenters. The summed E-state index contributed by atoms with van der Waals surface area (Å²) in [6.45, 7) is 4.16. The summed E-state index contributed by atoms with van der Waals surface area (Å²) in [5.41, 5.74) is 0. The van der Waals surface area contributed by atoms with Crippen molar-refractivity contribution in [2.24, 2.45) is 0 Å². The van der Waals surface area contributed by atoms with E-state index in [0.717, 1.165) is 31.4 Å². The van der Waals surface area contributed by atoms with Crippen LogP contribution in [0.3, 0.4) is 0 Å². The molecular weight excluding hydrogens is 164 g/mol. The van der Waals surface area contributed by atoms with Gasteiger partial charge in [0.05, 0.1) is 0 Å². The van der Waals surface area contributed by atoms with Gasteiger partial charge >= 0.3 is 0 Å². The molecular formula is C11H18O2. The Morgan fingerprint density at radius 2 is 2.15 bits per heavy atom. The summed E-state index contributed by atoms with van der Waals surface area (Å²) >= 11 is 0. The zero-order chi connectivity index (χ0) is 9.68. The van der Waals surface area contributed by atoms with Gasteiger partial charge in [-0.25, -0.2) is 0 Å². The molecule has 0 spiro atoms. The molecule has 0 aliphatic heterocycles. The van der Waals surface area contributed by atoms with Gasteiger partial charge in [0.25, 0.3) is 0 Å². The molecule has 0 fully saturated rings. The van der Waals surface area contributed by atoms with E-state index in [2.05, 4.69) is 6.92 Å². The summed E-state index contributed by atoms with van der Waals surface area (Å²) in [4.78, 5) is 0. The molecule has 13 heavy (non-hydrogen) atoms. The Labute approximate surface area is 79.6 Å². The van der Waals surface area contributed by atoms with Gasteiger partial charge < -0.3 is 9.52 Å². The van der Waals surface area contributed by atoms with Crippen molar-refractivity contribution in [3.8, 4) is 0 Å². The molecule has 0 bridgehead atoms. The van der Waals surface area contributed by atoms with Crippen molar-refractivity contribution < 1.29 is 9.52 Å². The fourth-order valence-electron chi connectivity index (χ4n) is 1.30. The van der Waals surface area contributed by atoms with Gasteiger partial charge in [-0.2, -0.15) is 0 Å². The molecule has 0 aromatic carbocycles. The minimum Gasteiger partial charge on any atom is -0.463 e. The van der Waals surface area contributed by atoms with E-state index in [1.165, 1.54) is 0 Å². The molecule has 1 aromatic rings. The van der Waals surface area contributed by atoms with Gasteiger partial charge in [0.2, 0.25) is 0 Å². The smallest absolute Gasteiger partial charge is 0.132 e. The van der Waals surface area contributed by atoms with Crippen molar-refractivity contribution >= 4 is 0 Å². The van der Waals surface area contributed by atoms with Crippen LogP contribution in [0, 0.1) is 0 Å². The van der Waals surface area contributed by atoms with E-state index in [1.807, 2.05) is 19.1 Å². The van der Waals surface area contributed by atoms with Crippen molar-refractivity contribution in [3.63, 3.8) is 0 Å². The van der Waals surface area contributed by atoms with Crippen molar-refractivity contribution in [2.75, 3.05) is 0 Å². The number of furan rings is 1. The maximum Gasteiger partial charge on any atom is 0.132 e. The second-order valence-corrected chi connectivity index (χ2v) is 3.32. The van der Waals surface area contributed by atoms with E-state index in [9.17, 15) is 5.11 Å². The highest BCUT2D eigenvalue weighted by Crippen LogP contribution is 2.21. The molecule has 1 rings (SSSR count). The number of unbranched alkanes of at least 4 members (excludes halogenated alkanes) is 1. The maximum atomic E-state index is 9.67. The lowest BCUT2D eigenvalue weighted by Gasteiger charge is -2.05. The fourth-order valence-corrected chi connectivity index (χ4v) is 1.30. The van der Waals surface area contributed by atoms with Crippen LogP contribution >= 0.6 is 0 Å². The van der Waals surface area contributed by atoms with Crippen molar-refractivity contribution in [1.82, 2.24) is 0 Å². The van der Waals surface area contributed by atoms with Crippen molar-refractivity contribution in [1.29, 1.82) is 0 Å². The monoisotopic (exact) mass is 182 g/mol. The molecule has 0 aliphatic rings. The Morgan fingerprint density at radius 3 is 2.69 bits per heavy atom. The molecule has 74 valence electrons. The number of hydrogen-bond donors (Lipinski definition) is 1. The third-order valence-corrected chi connectivity index (χ3v) is 2.19. The van der Waals surface area contributed by atoms with Crippen LogP contribution in [0.15, 0.2) is 16.5 Å². The number of hydrogen-bond acceptors (Lipinski definition) is 2. The van der Waals surface area contributed by atoms with E-state index < -0.39 is 6.10 Å². The Morgan fingerprint density at radius 1 is 1.38 bits per heavy atom. The Hall–Kier alpha value is -0.760. The van der Waals surface area contributed by atoms with Gasteiger partial charge in [0.15, 0.2) is 0 Å². The van der Waals surface area contributed by atoms with Crippen LogP contribution in [0.1, 0.15) is 50.7 Å². The third kappa shape index (κ3) is 2.88. The molecule has 1 N–H and O–H groups in total. The van der Waals surface area contributed by atoms with Gasteiger partial charge in [-0.1, -0.05) is 26.7 Å². The molecule has 0 aliphatic carbocycles. The average Bonchev–Trinajstić information content (AvgIpc) is 2.62. The fraction of sp³-hybridized carbons (Fsp3) is 0.636. The first kappa shape index (κ1) is 10.3. The Kier molecular flexibility index (Phi) is 4.03. The van der Waals surface area contributed by atoms with E-state index in [1.54, 1.807) is 0 Å². The second-order valence-electron chi connectivity index (χ2n) is 3.32. The summed E-state index contributed by atoms with van der Waals surface area (Å²) in [6, 6.07) is 3.81. The van der Waals surface area contributed by atoms with Crippen molar-refractivity contribution in [2.45, 2.75) is 45.6 Å². The van der Waals surface area contributed by atoms with Crippen LogP contribution in [0.5, 0.6) is 0 Å². The van der Waals surface area contributed by atoms with Crippen LogP contribution in [0.2, 0.25) is 0 Å². The minimum atomic E-state index is -0.416. The summed E-state index contributed by atoms with van der Waals surface area (Å²) in [5.74, 6) is 1.66. The largest absolute Gasteiger partial charge is 0.463 e. The van der Waals surface area contributed by atoms with Crippen LogP contribution in [0.25, 0.3) is 0 Å². The topological polar surface area (TPSA) is 33.4 Å². The number of rotatable bonds is 5. The SMILES string of the molecule is CCCCC(O)c1ccc(CC)o1. The predicted molar refractivity (Wildman–Crippen MR) is 52.6 cm³/mol. The minimum absolute atomic E-state index is 0.416. The number of aliphatic hydroxyl groups excluding tert-OH is 1. The first-order valence-electron chi connectivity index (χ1n) is 5.04. The normalized spacial score (nSPS) is 13.2. The van der Waals surface area contributed by atoms with Gasteiger partial charge in [0.1, 0.15) is 17.6 Å². The lowest BCUT2D eigenvalue weighted by atomic mass is 10.1. The molecule has 1 aromatic heterocycles. The first-order valence-corrected chi connectivity index (χ1v) is 5.04. The maximum absolute atomic E-state index is 9.67. The van der Waals surface area contributed by atoms with E-state index in [0.29, 0.717) is 5.76 Å². The molecule has 0 saturated heterocycles. The predicted octanol–water partition coefficient (Wildman–Crippen LogP) is 3.07. The lowest BCUT2D eigenvalue weighted by molar-refractivity contribution is 0.136. The van der Waals surface area contributed by atoms with Crippen LogP contribution < -0.4 is 0 Å². The zero-order valence-electron chi connectivity index (χ0n) is 8.42. The second kappa shape index (κ2) is 5.07. The Balaban J connectivity index is 2.50.